The minimum atomic E-state index is -0.328. The van der Waals surface area contributed by atoms with Gasteiger partial charge < -0.3 is 4.74 Å². The molecule has 22 heavy (non-hydrogen) atoms. The van der Waals surface area contributed by atoms with E-state index >= 15 is 0 Å². The van der Waals surface area contributed by atoms with Crippen LogP contribution in [0.5, 0.6) is 0 Å². The summed E-state index contributed by atoms with van der Waals surface area (Å²) in [5, 5.41) is 0. The Morgan fingerprint density at radius 2 is 1.77 bits per heavy atom. The molecule has 3 nitrogen and oxygen atoms in total. The number of ether oxygens (including phenoxy) is 1. The van der Waals surface area contributed by atoms with Gasteiger partial charge in [-0.1, -0.05) is 38.5 Å². The molecule has 0 spiro atoms. The van der Waals surface area contributed by atoms with Crippen LogP contribution in [0, 0.1) is 13.8 Å². The Hall–Kier alpha value is -1.64. The van der Waals surface area contributed by atoms with Crippen molar-refractivity contribution in [3.05, 3.63) is 29.3 Å². The van der Waals surface area contributed by atoms with Crippen molar-refractivity contribution in [2.24, 2.45) is 4.99 Å². The standard InChI is InChI=1S/C11H15N.C6H12O2.C2H6/c1-4-7-12-11-6-5-9(2)8-10(11)3;1-5(7)8-6(2,3)4;1-2/h5-8H,4H2,1-3H3;1-4H3;1-2H3. The second kappa shape index (κ2) is 12.0. The second-order valence-corrected chi connectivity index (χ2v) is 5.72. The first kappa shape index (κ1) is 22.6. The van der Waals surface area contributed by atoms with Crippen LogP contribution < -0.4 is 0 Å². The normalized spacial score (nSPS) is 10.2. The Morgan fingerprint density at radius 3 is 2.09 bits per heavy atom. The van der Waals surface area contributed by atoms with Gasteiger partial charge in [0.1, 0.15) is 5.60 Å². The minimum Gasteiger partial charge on any atom is -0.460 e. The van der Waals surface area contributed by atoms with Crippen molar-refractivity contribution in [2.45, 2.75) is 74.3 Å². The molecule has 0 fully saturated rings. The van der Waals surface area contributed by atoms with Crippen molar-refractivity contribution in [2.75, 3.05) is 0 Å². The average Bonchev–Trinajstić information content (AvgIpc) is 2.38. The second-order valence-electron chi connectivity index (χ2n) is 5.72. The molecule has 0 atom stereocenters. The van der Waals surface area contributed by atoms with E-state index in [-0.39, 0.29) is 11.6 Å². The number of aryl methyl sites for hydroxylation is 2. The van der Waals surface area contributed by atoms with Crippen molar-refractivity contribution in [1.82, 2.24) is 0 Å². The summed E-state index contributed by atoms with van der Waals surface area (Å²) >= 11 is 0. The first-order chi connectivity index (χ1) is 10.2. The fourth-order valence-electron chi connectivity index (χ4n) is 1.57. The fourth-order valence-corrected chi connectivity index (χ4v) is 1.57. The number of aliphatic imine (C=N–C) groups is 1. The number of carbonyl (C=O) groups is 1. The van der Waals surface area contributed by atoms with Gasteiger partial charge in [0.2, 0.25) is 0 Å². The number of benzene rings is 1. The maximum absolute atomic E-state index is 10.2. The molecule has 0 N–H and O–H groups in total. The lowest BCUT2D eigenvalue weighted by Gasteiger charge is -2.17. The molecule has 0 amide bonds. The topological polar surface area (TPSA) is 38.7 Å². The van der Waals surface area contributed by atoms with E-state index in [9.17, 15) is 4.79 Å². The summed E-state index contributed by atoms with van der Waals surface area (Å²) < 4.78 is 4.80. The van der Waals surface area contributed by atoms with Crippen LogP contribution in [0.1, 0.15) is 66.0 Å². The van der Waals surface area contributed by atoms with Gasteiger partial charge in [-0.05, 0) is 52.7 Å². The highest BCUT2D eigenvalue weighted by molar-refractivity contribution is 5.66. The third-order valence-corrected chi connectivity index (χ3v) is 2.22. The Bertz CT molecular complexity index is 457. The SMILES string of the molecule is CC.CC(=O)OC(C)(C)C.CCC=Nc1ccc(C)cc1C. The molecule has 0 bridgehead atoms. The van der Waals surface area contributed by atoms with Crippen LogP contribution in [0.25, 0.3) is 0 Å². The molecule has 0 aliphatic rings. The predicted molar refractivity (Wildman–Crippen MR) is 97.2 cm³/mol. The van der Waals surface area contributed by atoms with E-state index in [1.54, 1.807) is 0 Å². The van der Waals surface area contributed by atoms with Gasteiger partial charge in [-0.15, -0.1) is 0 Å². The molecule has 0 radical (unpaired) electrons. The highest BCUT2D eigenvalue weighted by Gasteiger charge is 2.11. The van der Waals surface area contributed by atoms with Crippen LogP contribution >= 0.6 is 0 Å². The smallest absolute Gasteiger partial charge is 0.303 e. The molecule has 0 aliphatic heterocycles. The summed E-state index contributed by atoms with van der Waals surface area (Å²) in [4.78, 5) is 14.6. The Morgan fingerprint density at radius 1 is 1.23 bits per heavy atom. The van der Waals surface area contributed by atoms with Crippen LogP contribution in [-0.2, 0) is 9.53 Å². The first-order valence-electron chi connectivity index (χ1n) is 7.95. The quantitative estimate of drug-likeness (QED) is 0.512. The zero-order valence-corrected chi connectivity index (χ0v) is 15.8. The maximum atomic E-state index is 10.2. The number of rotatable bonds is 2. The lowest BCUT2D eigenvalue weighted by Crippen LogP contribution is -2.21. The largest absolute Gasteiger partial charge is 0.460 e. The Kier molecular flexibility index (Phi) is 12.3. The summed E-state index contributed by atoms with van der Waals surface area (Å²) in [5.74, 6) is -0.225. The molecule has 3 heteroatoms. The number of hydrogen-bond acceptors (Lipinski definition) is 3. The van der Waals surface area contributed by atoms with Gasteiger partial charge in [0, 0.05) is 13.1 Å². The first-order valence-corrected chi connectivity index (χ1v) is 7.95. The summed E-state index contributed by atoms with van der Waals surface area (Å²) in [6.45, 7) is 17.2. The summed E-state index contributed by atoms with van der Waals surface area (Å²) in [6, 6.07) is 6.31. The highest BCUT2D eigenvalue weighted by Crippen LogP contribution is 2.18. The minimum absolute atomic E-state index is 0.225. The number of carbonyl (C=O) groups excluding carboxylic acids is 1. The molecular formula is C19H33NO2. The van der Waals surface area contributed by atoms with Gasteiger partial charge in [-0.2, -0.15) is 0 Å². The Labute approximate surface area is 136 Å². The molecule has 0 aromatic heterocycles. The molecular weight excluding hydrogens is 274 g/mol. The molecule has 1 aromatic rings. The zero-order valence-electron chi connectivity index (χ0n) is 15.8. The van der Waals surface area contributed by atoms with Gasteiger partial charge in [0.05, 0.1) is 5.69 Å². The maximum Gasteiger partial charge on any atom is 0.303 e. The molecule has 0 unspecified atom stereocenters. The van der Waals surface area contributed by atoms with Crippen LogP contribution in [0.15, 0.2) is 23.2 Å². The number of nitrogens with zero attached hydrogens (tertiary/aromatic N) is 1. The molecule has 1 aromatic carbocycles. The van der Waals surface area contributed by atoms with Crippen molar-refractivity contribution in [3.63, 3.8) is 0 Å². The van der Waals surface area contributed by atoms with Gasteiger partial charge in [-0.3, -0.25) is 9.79 Å². The Balaban J connectivity index is 0. The third-order valence-electron chi connectivity index (χ3n) is 2.22. The summed E-state index contributed by atoms with van der Waals surface area (Å²) in [5.41, 5.74) is 3.30. The molecule has 0 aliphatic carbocycles. The van der Waals surface area contributed by atoms with Crippen molar-refractivity contribution >= 4 is 17.9 Å². The van der Waals surface area contributed by atoms with E-state index in [1.165, 1.54) is 18.1 Å². The molecule has 0 heterocycles. The number of esters is 1. The lowest BCUT2D eigenvalue weighted by atomic mass is 10.1. The van der Waals surface area contributed by atoms with Crippen molar-refractivity contribution in [3.8, 4) is 0 Å². The fraction of sp³-hybridized carbons (Fsp3) is 0.579. The zero-order chi connectivity index (χ0) is 17.8. The monoisotopic (exact) mass is 307 g/mol. The van der Waals surface area contributed by atoms with E-state index in [0.29, 0.717) is 0 Å². The van der Waals surface area contributed by atoms with Gasteiger partial charge in [0.15, 0.2) is 0 Å². The summed E-state index contributed by atoms with van der Waals surface area (Å²) in [7, 11) is 0. The lowest BCUT2D eigenvalue weighted by molar-refractivity contribution is -0.151. The van der Waals surface area contributed by atoms with Gasteiger partial charge in [-0.25, -0.2) is 0 Å². The van der Waals surface area contributed by atoms with Crippen molar-refractivity contribution in [1.29, 1.82) is 0 Å². The van der Waals surface area contributed by atoms with E-state index in [1.807, 2.05) is 40.8 Å². The van der Waals surface area contributed by atoms with E-state index in [0.717, 1.165) is 12.1 Å². The van der Waals surface area contributed by atoms with Gasteiger partial charge >= 0.3 is 5.97 Å². The molecule has 0 saturated carbocycles. The van der Waals surface area contributed by atoms with E-state index < -0.39 is 0 Å². The molecule has 0 saturated heterocycles. The van der Waals surface area contributed by atoms with Crippen LogP contribution in [0.3, 0.4) is 0 Å². The third kappa shape index (κ3) is 13.3. The van der Waals surface area contributed by atoms with E-state index in [2.05, 4.69) is 44.0 Å². The van der Waals surface area contributed by atoms with Crippen LogP contribution in [0.2, 0.25) is 0 Å². The van der Waals surface area contributed by atoms with Crippen molar-refractivity contribution < 1.29 is 9.53 Å². The molecule has 1 rings (SSSR count). The van der Waals surface area contributed by atoms with E-state index in [4.69, 9.17) is 4.74 Å². The number of hydrogen-bond donors (Lipinski definition) is 0. The molecule has 126 valence electrons. The summed E-state index contributed by atoms with van der Waals surface area (Å²) in [6.07, 6.45) is 2.94. The average molecular weight is 307 g/mol. The van der Waals surface area contributed by atoms with Crippen LogP contribution in [-0.4, -0.2) is 17.8 Å². The predicted octanol–water partition coefficient (Wildman–Crippen LogP) is 5.79. The van der Waals surface area contributed by atoms with Crippen LogP contribution in [0.4, 0.5) is 5.69 Å². The van der Waals surface area contributed by atoms with Gasteiger partial charge in [0.25, 0.3) is 0 Å². The highest BCUT2D eigenvalue weighted by atomic mass is 16.6.